The number of nitrogens with zero attached hydrogens (tertiary/aromatic N) is 2. The maximum absolute atomic E-state index is 12.9. The number of fused-ring (bicyclic) bond motifs is 1. The monoisotopic (exact) mass is 467 g/mol. The summed E-state index contributed by atoms with van der Waals surface area (Å²) in [5.74, 6) is 0.269. The van der Waals surface area contributed by atoms with Gasteiger partial charge in [0.1, 0.15) is 0 Å². The number of nitrogens with one attached hydrogen (secondary N) is 1. The standard InChI is InChI=1S/C31H37N3O/c1-24-8-10-26(11-9-24)20-33-17-4-7-30(23-33)31(35)32-19-25-12-14-27(15-13-25)21-34-18-16-28-5-2-3-6-29(28)22-34/h2-3,5-6,8-15,30H,4,7,16-23H2,1H3,(H,32,35). The number of hydrogen-bond donors (Lipinski definition) is 1. The summed E-state index contributed by atoms with van der Waals surface area (Å²) < 4.78 is 0. The van der Waals surface area contributed by atoms with E-state index in [0.29, 0.717) is 6.54 Å². The highest BCUT2D eigenvalue weighted by molar-refractivity contribution is 5.79. The summed E-state index contributed by atoms with van der Waals surface area (Å²) in [7, 11) is 0. The van der Waals surface area contributed by atoms with Gasteiger partial charge in [0.15, 0.2) is 0 Å². The molecule has 1 amide bonds. The zero-order valence-electron chi connectivity index (χ0n) is 20.9. The fourth-order valence-corrected chi connectivity index (χ4v) is 5.41. The predicted molar refractivity (Wildman–Crippen MR) is 142 cm³/mol. The Hall–Kier alpha value is -2.95. The van der Waals surface area contributed by atoms with Gasteiger partial charge in [0.05, 0.1) is 5.92 Å². The van der Waals surface area contributed by atoms with Crippen molar-refractivity contribution in [2.24, 2.45) is 5.92 Å². The molecule has 2 aliphatic heterocycles. The molecule has 1 atom stereocenters. The molecule has 1 saturated heterocycles. The van der Waals surface area contributed by atoms with Gasteiger partial charge in [-0.15, -0.1) is 0 Å². The van der Waals surface area contributed by atoms with E-state index in [1.165, 1.54) is 33.4 Å². The van der Waals surface area contributed by atoms with Crippen LogP contribution in [0.2, 0.25) is 0 Å². The van der Waals surface area contributed by atoms with Gasteiger partial charge < -0.3 is 5.32 Å². The van der Waals surface area contributed by atoms with Crippen LogP contribution in [0.15, 0.2) is 72.8 Å². The molecule has 0 saturated carbocycles. The highest BCUT2D eigenvalue weighted by Crippen LogP contribution is 2.21. The van der Waals surface area contributed by atoms with Crippen molar-refractivity contribution < 1.29 is 4.79 Å². The SMILES string of the molecule is Cc1ccc(CN2CCCC(C(=O)NCc3ccc(CN4CCc5ccccc5C4)cc3)C2)cc1. The van der Waals surface area contributed by atoms with Gasteiger partial charge in [-0.25, -0.2) is 0 Å². The van der Waals surface area contributed by atoms with Gasteiger partial charge in [0, 0.05) is 39.3 Å². The topological polar surface area (TPSA) is 35.6 Å². The molecular weight excluding hydrogens is 430 g/mol. The molecule has 4 heteroatoms. The van der Waals surface area contributed by atoms with Gasteiger partial charge in [0.2, 0.25) is 5.91 Å². The first-order valence-electron chi connectivity index (χ1n) is 13.0. The van der Waals surface area contributed by atoms with E-state index < -0.39 is 0 Å². The zero-order chi connectivity index (χ0) is 24.0. The number of hydrogen-bond acceptors (Lipinski definition) is 3. The van der Waals surface area contributed by atoms with Crippen molar-refractivity contribution in [2.75, 3.05) is 19.6 Å². The molecule has 1 unspecified atom stereocenters. The van der Waals surface area contributed by atoms with Gasteiger partial charge in [-0.05, 0) is 60.5 Å². The van der Waals surface area contributed by atoms with Crippen LogP contribution in [0.25, 0.3) is 0 Å². The van der Waals surface area contributed by atoms with Crippen molar-refractivity contribution in [3.05, 3.63) is 106 Å². The van der Waals surface area contributed by atoms with E-state index >= 15 is 0 Å². The highest BCUT2D eigenvalue weighted by Gasteiger charge is 2.25. The Morgan fingerprint density at radius 2 is 1.49 bits per heavy atom. The van der Waals surface area contributed by atoms with E-state index in [1.54, 1.807) is 0 Å². The quantitative estimate of drug-likeness (QED) is 0.526. The molecule has 3 aromatic carbocycles. The number of piperidine rings is 1. The molecule has 3 aromatic rings. The fourth-order valence-electron chi connectivity index (χ4n) is 5.41. The Morgan fingerprint density at radius 1 is 0.829 bits per heavy atom. The average Bonchev–Trinajstić information content (AvgIpc) is 2.89. The summed E-state index contributed by atoms with van der Waals surface area (Å²) in [6.07, 6.45) is 3.19. The van der Waals surface area contributed by atoms with Crippen LogP contribution >= 0.6 is 0 Å². The molecule has 0 aromatic heterocycles. The van der Waals surface area contributed by atoms with Crippen molar-refractivity contribution >= 4 is 5.91 Å². The van der Waals surface area contributed by atoms with Crippen molar-refractivity contribution in [1.82, 2.24) is 15.1 Å². The van der Waals surface area contributed by atoms with E-state index in [1.807, 2.05) is 0 Å². The minimum Gasteiger partial charge on any atom is -0.352 e. The van der Waals surface area contributed by atoms with Crippen molar-refractivity contribution in [3.63, 3.8) is 0 Å². The number of aryl methyl sites for hydroxylation is 1. The summed E-state index contributed by atoms with van der Waals surface area (Å²) in [5.41, 5.74) is 8.06. The molecule has 5 rings (SSSR count). The first-order chi connectivity index (χ1) is 17.1. The molecule has 0 aliphatic carbocycles. The first kappa shape index (κ1) is 23.8. The zero-order valence-corrected chi connectivity index (χ0v) is 20.9. The third-order valence-corrected chi connectivity index (χ3v) is 7.51. The van der Waals surface area contributed by atoms with E-state index in [4.69, 9.17) is 0 Å². The van der Waals surface area contributed by atoms with Crippen LogP contribution in [0.1, 0.15) is 46.2 Å². The Bertz CT molecular complexity index is 1120. The number of amides is 1. The normalized spacial score (nSPS) is 18.7. The third kappa shape index (κ3) is 6.39. The number of rotatable bonds is 7. The number of carbonyl (C=O) groups excluding carboxylic acids is 1. The van der Waals surface area contributed by atoms with Crippen LogP contribution in [0.4, 0.5) is 0 Å². The lowest BCUT2D eigenvalue weighted by atomic mass is 9.96. The van der Waals surface area contributed by atoms with Crippen molar-refractivity contribution in [2.45, 2.75) is 52.4 Å². The van der Waals surface area contributed by atoms with Gasteiger partial charge in [-0.2, -0.15) is 0 Å². The lowest BCUT2D eigenvalue weighted by molar-refractivity contribution is -0.126. The van der Waals surface area contributed by atoms with Crippen LogP contribution < -0.4 is 5.32 Å². The van der Waals surface area contributed by atoms with Crippen LogP contribution in [0, 0.1) is 12.8 Å². The lowest BCUT2D eigenvalue weighted by Gasteiger charge is -2.32. The van der Waals surface area contributed by atoms with Gasteiger partial charge in [-0.3, -0.25) is 14.6 Å². The Kier molecular flexibility index (Phi) is 7.60. The van der Waals surface area contributed by atoms with Crippen molar-refractivity contribution in [3.8, 4) is 0 Å². The molecule has 1 N–H and O–H groups in total. The number of carbonyl (C=O) groups is 1. The average molecular weight is 468 g/mol. The highest BCUT2D eigenvalue weighted by atomic mass is 16.1. The Balaban J connectivity index is 1.08. The van der Waals surface area contributed by atoms with E-state index in [0.717, 1.165) is 58.5 Å². The fraction of sp³-hybridized carbons (Fsp3) is 0.387. The predicted octanol–water partition coefficient (Wildman–Crippen LogP) is 5.08. The third-order valence-electron chi connectivity index (χ3n) is 7.51. The molecule has 2 aliphatic rings. The molecule has 4 nitrogen and oxygen atoms in total. The maximum atomic E-state index is 12.9. The smallest absolute Gasteiger partial charge is 0.224 e. The van der Waals surface area contributed by atoms with Crippen LogP contribution in [0.3, 0.4) is 0 Å². The molecule has 0 spiro atoms. The molecule has 0 radical (unpaired) electrons. The minimum atomic E-state index is 0.0791. The van der Waals surface area contributed by atoms with E-state index in [9.17, 15) is 4.79 Å². The second-order valence-electron chi connectivity index (χ2n) is 10.3. The lowest BCUT2D eigenvalue weighted by Crippen LogP contribution is -2.42. The molecule has 2 heterocycles. The number of benzene rings is 3. The van der Waals surface area contributed by atoms with Crippen molar-refractivity contribution in [1.29, 1.82) is 0 Å². The largest absolute Gasteiger partial charge is 0.352 e. The minimum absolute atomic E-state index is 0.0791. The van der Waals surface area contributed by atoms with E-state index in [-0.39, 0.29) is 11.8 Å². The van der Waals surface area contributed by atoms with Gasteiger partial charge >= 0.3 is 0 Å². The summed E-state index contributed by atoms with van der Waals surface area (Å²) in [6.45, 7) is 8.66. The van der Waals surface area contributed by atoms with Crippen LogP contribution in [0.5, 0.6) is 0 Å². The van der Waals surface area contributed by atoms with Crippen LogP contribution in [-0.2, 0) is 37.4 Å². The maximum Gasteiger partial charge on any atom is 0.224 e. The molecule has 1 fully saturated rings. The summed E-state index contributed by atoms with van der Waals surface area (Å²) in [4.78, 5) is 17.8. The summed E-state index contributed by atoms with van der Waals surface area (Å²) in [5, 5.41) is 3.20. The molecule has 182 valence electrons. The Labute approximate surface area is 210 Å². The molecular formula is C31H37N3O. The number of likely N-dealkylation sites (tertiary alicyclic amines) is 1. The molecule has 35 heavy (non-hydrogen) atoms. The van der Waals surface area contributed by atoms with E-state index in [2.05, 4.69) is 94.8 Å². The van der Waals surface area contributed by atoms with Gasteiger partial charge in [-0.1, -0.05) is 78.4 Å². The summed E-state index contributed by atoms with van der Waals surface area (Å²) >= 11 is 0. The second kappa shape index (κ2) is 11.2. The second-order valence-corrected chi connectivity index (χ2v) is 10.3. The van der Waals surface area contributed by atoms with Crippen LogP contribution in [-0.4, -0.2) is 35.3 Å². The summed E-state index contributed by atoms with van der Waals surface area (Å²) in [6, 6.07) is 26.3. The molecule has 0 bridgehead atoms. The first-order valence-corrected chi connectivity index (χ1v) is 13.0. The Morgan fingerprint density at radius 3 is 2.26 bits per heavy atom. The van der Waals surface area contributed by atoms with Gasteiger partial charge in [0.25, 0.3) is 0 Å².